The molecule has 5 heteroatoms. The maximum Gasteiger partial charge on any atom is 0.224 e. The molecule has 20 heavy (non-hydrogen) atoms. The highest BCUT2D eigenvalue weighted by Gasteiger charge is 2.52. The lowest BCUT2D eigenvalue weighted by atomic mass is 9.72. The van der Waals surface area contributed by atoms with E-state index >= 15 is 0 Å². The molecule has 0 aromatic heterocycles. The fourth-order valence-corrected chi connectivity index (χ4v) is 3.19. The number of ether oxygens (including phenoxy) is 2. The molecule has 0 radical (unpaired) electrons. The molecule has 1 aliphatic carbocycles. The van der Waals surface area contributed by atoms with Crippen LogP contribution in [0.3, 0.4) is 0 Å². The first-order valence-electron chi connectivity index (χ1n) is 6.99. The van der Waals surface area contributed by atoms with E-state index in [1.54, 1.807) is 7.11 Å². The third kappa shape index (κ3) is 2.27. The molecule has 1 amide bonds. The number of methoxy groups -OCH3 is 1. The van der Waals surface area contributed by atoms with Gasteiger partial charge in [0.15, 0.2) is 0 Å². The zero-order valence-electron chi connectivity index (χ0n) is 11.5. The van der Waals surface area contributed by atoms with Gasteiger partial charge in [-0.15, -0.1) is 0 Å². The van der Waals surface area contributed by atoms with E-state index < -0.39 is 0 Å². The van der Waals surface area contributed by atoms with Crippen molar-refractivity contribution in [3.63, 3.8) is 0 Å². The van der Waals surface area contributed by atoms with Crippen molar-refractivity contribution in [2.75, 3.05) is 13.7 Å². The van der Waals surface area contributed by atoms with Crippen molar-refractivity contribution in [3.05, 3.63) is 29.8 Å². The first-order chi connectivity index (χ1) is 9.70. The summed E-state index contributed by atoms with van der Waals surface area (Å²) in [6, 6.07) is 7.51. The predicted molar refractivity (Wildman–Crippen MR) is 74.5 cm³/mol. The van der Waals surface area contributed by atoms with Gasteiger partial charge in [-0.05, 0) is 12.5 Å². The standard InChI is InChI=1S/C15H20N2O3/c1-19-11-5-3-2-4-9(11)8-12(18)17-14-13(16)10-6-7-20-15(10)14/h2-5,10,13-15H,6-8,16H2,1H3,(H,17,18). The minimum atomic E-state index is -0.0512. The average Bonchev–Trinajstić information content (AvgIpc) is 2.90. The van der Waals surface area contributed by atoms with Crippen LogP contribution >= 0.6 is 0 Å². The summed E-state index contributed by atoms with van der Waals surface area (Å²) in [6.45, 7) is 0.752. The highest BCUT2D eigenvalue weighted by atomic mass is 16.5. The Morgan fingerprint density at radius 3 is 3.10 bits per heavy atom. The summed E-state index contributed by atoms with van der Waals surface area (Å²) in [5.41, 5.74) is 6.97. The molecule has 108 valence electrons. The molecule has 3 rings (SSSR count). The molecule has 2 fully saturated rings. The number of para-hydroxylation sites is 1. The van der Waals surface area contributed by atoms with Crippen LogP contribution in [-0.4, -0.2) is 37.8 Å². The van der Waals surface area contributed by atoms with Crippen molar-refractivity contribution in [2.24, 2.45) is 11.7 Å². The number of nitrogens with two attached hydrogens (primary N) is 1. The van der Waals surface area contributed by atoms with Gasteiger partial charge in [0.05, 0.1) is 25.7 Å². The highest BCUT2D eigenvalue weighted by Crippen LogP contribution is 2.37. The Labute approximate surface area is 118 Å². The number of amides is 1. The van der Waals surface area contributed by atoms with Crippen molar-refractivity contribution < 1.29 is 14.3 Å². The molecular formula is C15H20N2O3. The van der Waals surface area contributed by atoms with Gasteiger partial charge in [0, 0.05) is 24.1 Å². The predicted octanol–water partition coefficient (Wildman–Crippen LogP) is 0.469. The molecular weight excluding hydrogens is 256 g/mol. The lowest BCUT2D eigenvalue weighted by molar-refractivity contribution is -0.125. The van der Waals surface area contributed by atoms with Gasteiger partial charge in [0.2, 0.25) is 5.91 Å². The Morgan fingerprint density at radius 2 is 2.30 bits per heavy atom. The van der Waals surface area contributed by atoms with E-state index in [0.717, 1.165) is 24.3 Å². The summed E-state index contributed by atoms with van der Waals surface area (Å²) in [4.78, 5) is 12.1. The van der Waals surface area contributed by atoms with E-state index in [1.807, 2.05) is 24.3 Å². The van der Waals surface area contributed by atoms with Gasteiger partial charge in [-0.3, -0.25) is 4.79 Å². The number of carbonyl (C=O) groups excluding carboxylic acids is 1. The van der Waals surface area contributed by atoms with Gasteiger partial charge in [0.25, 0.3) is 0 Å². The van der Waals surface area contributed by atoms with E-state index in [1.165, 1.54) is 0 Å². The van der Waals surface area contributed by atoms with E-state index in [4.69, 9.17) is 15.2 Å². The third-order valence-corrected chi connectivity index (χ3v) is 4.32. The molecule has 2 aliphatic rings. The molecule has 1 saturated carbocycles. The summed E-state index contributed by atoms with van der Waals surface area (Å²) < 4.78 is 10.9. The molecule has 1 aromatic rings. The first-order valence-corrected chi connectivity index (χ1v) is 6.99. The lowest BCUT2D eigenvalue weighted by Crippen LogP contribution is -2.69. The number of rotatable bonds is 4. The van der Waals surface area contributed by atoms with Gasteiger partial charge in [0.1, 0.15) is 5.75 Å². The van der Waals surface area contributed by atoms with Gasteiger partial charge < -0.3 is 20.5 Å². The number of hydrogen-bond donors (Lipinski definition) is 2. The number of carbonyl (C=O) groups is 1. The highest BCUT2D eigenvalue weighted by molar-refractivity contribution is 5.80. The van der Waals surface area contributed by atoms with Gasteiger partial charge in [-0.25, -0.2) is 0 Å². The van der Waals surface area contributed by atoms with Crippen LogP contribution in [0.2, 0.25) is 0 Å². The zero-order chi connectivity index (χ0) is 14.1. The summed E-state index contributed by atoms with van der Waals surface area (Å²) in [5.74, 6) is 1.10. The molecule has 3 N–H and O–H groups in total. The van der Waals surface area contributed by atoms with E-state index in [0.29, 0.717) is 12.3 Å². The van der Waals surface area contributed by atoms with Crippen LogP contribution in [0.1, 0.15) is 12.0 Å². The topological polar surface area (TPSA) is 73.6 Å². The van der Waals surface area contributed by atoms with Crippen LogP contribution in [0.5, 0.6) is 5.75 Å². The molecule has 1 aromatic carbocycles. The fourth-order valence-electron chi connectivity index (χ4n) is 3.19. The zero-order valence-corrected chi connectivity index (χ0v) is 11.5. The van der Waals surface area contributed by atoms with Crippen LogP contribution < -0.4 is 15.8 Å². The Kier molecular flexibility index (Phi) is 3.63. The molecule has 1 heterocycles. The minimum Gasteiger partial charge on any atom is -0.496 e. The number of fused-ring (bicyclic) bond motifs is 1. The van der Waals surface area contributed by atoms with Crippen molar-refractivity contribution >= 4 is 5.91 Å². The van der Waals surface area contributed by atoms with Crippen LogP contribution in [0.15, 0.2) is 24.3 Å². The summed E-state index contributed by atoms with van der Waals surface area (Å²) in [6.07, 6.45) is 1.40. The van der Waals surface area contributed by atoms with Crippen LogP contribution in [0.4, 0.5) is 0 Å². The van der Waals surface area contributed by atoms with Crippen molar-refractivity contribution in [2.45, 2.75) is 31.0 Å². The molecule has 0 bridgehead atoms. The Hall–Kier alpha value is -1.59. The normalized spacial score (nSPS) is 31.3. The Bertz CT molecular complexity index is 506. The maximum atomic E-state index is 12.1. The van der Waals surface area contributed by atoms with E-state index in [9.17, 15) is 4.79 Å². The Balaban J connectivity index is 1.60. The molecule has 1 aliphatic heterocycles. The number of benzene rings is 1. The second kappa shape index (κ2) is 5.42. The quantitative estimate of drug-likeness (QED) is 0.838. The fraction of sp³-hybridized carbons (Fsp3) is 0.533. The minimum absolute atomic E-state index is 0.0177. The molecule has 4 unspecified atom stereocenters. The smallest absolute Gasteiger partial charge is 0.224 e. The van der Waals surface area contributed by atoms with Gasteiger partial charge in [-0.1, -0.05) is 18.2 Å². The van der Waals surface area contributed by atoms with Crippen LogP contribution in [0.25, 0.3) is 0 Å². The van der Waals surface area contributed by atoms with Crippen LogP contribution in [0, 0.1) is 5.92 Å². The van der Waals surface area contributed by atoms with Gasteiger partial charge >= 0.3 is 0 Å². The monoisotopic (exact) mass is 276 g/mol. The molecule has 1 saturated heterocycles. The maximum absolute atomic E-state index is 12.1. The second-order valence-electron chi connectivity index (χ2n) is 5.45. The van der Waals surface area contributed by atoms with Crippen LogP contribution in [-0.2, 0) is 16.0 Å². The third-order valence-electron chi connectivity index (χ3n) is 4.32. The van der Waals surface area contributed by atoms with Crippen molar-refractivity contribution in [1.29, 1.82) is 0 Å². The Morgan fingerprint density at radius 1 is 1.50 bits per heavy atom. The lowest BCUT2D eigenvalue weighted by Gasteiger charge is -2.45. The molecule has 0 spiro atoms. The number of nitrogens with one attached hydrogen (secondary N) is 1. The largest absolute Gasteiger partial charge is 0.496 e. The first kappa shape index (κ1) is 13.4. The second-order valence-corrected chi connectivity index (χ2v) is 5.45. The molecule has 4 atom stereocenters. The summed E-state index contributed by atoms with van der Waals surface area (Å²) in [5, 5.41) is 2.99. The average molecular weight is 276 g/mol. The SMILES string of the molecule is COc1ccccc1CC(=O)NC1C(N)C2CCOC21. The van der Waals surface area contributed by atoms with Gasteiger partial charge in [-0.2, -0.15) is 0 Å². The summed E-state index contributed by atoms with van der Waals surface area (Å²) >= 11 is 0. The summed E-state index contributed by atoms with van der Waals surface area (Å²) in [7, 11) is 1.61. The van der Waals surface area contributed by atoms with Crippen molar-refractivity contribution in [1.82, 2.24) is 5.32 Å². The van der Waals surface area contributed by atoms with E-state index in [-0.39, 0.29) is 24.1 Å². The number of hydrogen-bond acceptors (Lipinski definition) is 4. The van der Waals surface area contributed by atoms with E-state index in [2.05, 4.69) is 5.32 Å². The molecule has 5 nitrogen and oxygen atoms in total. The van der Waals surface area contributed by atoms with Crippen molar-refractivity contribution in [3.8, 4) is 5.75 Å².